The number of carbonyl (C=O) groups is 1. The standard InChI is InChI=1S/C12H22N4O2/c1-9(2)16-8-13-7-10(16)11(12(17)18)14-5-6-15(3)4/h7-9,11,14H,5-6H2,1-4H3,(H,17,18). The summed E-state index contributed by atoms with van der Waals surface area (Å²) in [6.07, 6.45) is 3.28. The molecule has 0 aromatic carbocycles. The Labute approximate surface area is 108 Å². The van der Waals surface area contributed by atoms with E-state index in [9.17, 15) is 9.90 Å². The summed E-state index contributed by atoms with van der Waals surface area (Å²) in [7, 11) is 3.91. The van der Waals surface area contributed by atoms with Gasteiger partial charge in [-0.2, -0.15) is 0 Å². The van der Waals surface area contributed by atoms with Crippen molar-refractivity contribution in [2.45, 2.75) is 25.9 Å². The van der Waals surface area contributed by atoms with Crippen LogP contribution in [0.1, 0.15) is 31.6 Å². The minimum Gasteiger partial charge on any atom is -0.480 e. The topological polar surface area (TPSA) is 70.4 Å². The number of hydrogen-bond acceptors (Lipinski definition) is 4. The van der Waals surface area contributed by atoms with Crippen LogP contribution in [0.5, 0.6) is 0 Å². The van der Waals surface area contributed by atoms with E-state index < -0.39 is 12.0 Å². The molecule has 2 N–H and O–H groups in total. The van der Waals surface area contributed by atoms with Crippen LogP contribution in [0.4, 0.5) is 0 Å². The second-order valence-corrected chi connectivity index (χ2v) is 4.85. The molecule has 1 rings (SSSR count). The zero-order chi connectivity index (χ0) is 13.7. The molecule has 0 aliphatic heterocycles. The van der Waals surface area contributed by atoms with Crippen LogP contribution in [-0.2, 0) is 4.79 Å². The fourth-order valence-corrected chi connectivity index (χ4v) is 1.72. The molecule has 0 amide bonds. The fraction of sp³-hybridized carbons (Fsp3) is 0.667. The highest BCUT2D eigenvalue weighted by atomic mass is 16.4. The zero-order valence-corrected chi connectivity index (χ0v) is 11.4. The molecule has 0 radical (unpaired) electrons. The van der Waals surface area contributed by atoms with Gasteiger partial charge in [0, 0.05) is 19.1 Å². The average molecular weight is 254 g/mol. The van der Waals surface area contributed by atoms with Crippen molar-refractivity contribution >= 4 is 5.97 Å². The van der Waals surface area contributed by atoms with E-state index in [1.807, 2.05) is 37.4 Å². The van der Waals surface area contributed by atoms with Crippen molar-refractivity contribution in [1.82, 2.24) is 19.8 Å². The first kappa shape index (κ1) is 14.7. The summed E-state index contributed by atoms with van der Waals surface area (Å²) in [5.41, 5.74) is 0.691. The second kappa shape index (κ2) is 6.51. The minimum absolute atomic E-state index is 0.194. The molecule has 102 valence electrons. The number of imidazole rings is 1. The highest BCUT2D eigenvalue weighted by Gasteiger charge is 2.23. The van der Waals surface area contributed by atoms with Gasteiger partial charge < -0.3 is 14.6 Å². The smallest absolute Gasteiger partial charge is 0.326 e. The summed E-state index contributed by atoms with van der Waals surface area (Å²) in [5, 5.41) is 12.3. The molecule has 1 heterocycles. The Morgan fingerprint density at radius 2 is 2.22 bits per heavy atom. The van der Waals surface area contributed by atoms with Crippen molar-refractivity contribution in [3.8, 4) is 0 Å². The quantitative estimate of drug-likeness (QED) is 0.751. The molecule has 1 aromatic rings. The molecule has 1 unspecified atom stereocenters. The molecule has 18 heavy (non-hydrogen) atoms. The minimum atomic E-state index is -0.879. The van der Waals surface area contributed by atoms with Crippen molar-refractivity contribution in [3.05, 3.63) is 18.2 Å². The number of nitrogens with zero attached hydrogens (tertiary/aromatic N) is 3. The van der Waals surface area contributed by atoms with Crippen LogP contribution in [0.3, 0.4) is 0 Å². The Morgan fingerprint density at radius 3 is 2.72 bits per heavy atom. The van der Waals surface area contributed by atoms with Gasteiger partial charge in [0.1, 0.15) is 6.04 Å². The van der Waals surface area contributed by atoms with Gasteiger partial charge in [-0.1, -0.05) is 0 Å². The van der Waals surface area contributed by atoms with E-state index in [1.165, 1.54) is 0 Å². The predicted octanol–water partition coefficient (Wildman–Crippen LogP) is 0.741. The van der Waals surface area contributed by atoms with Crippen LogP contribution >= 0.6 is 0 Å². The molecular weight excluding hydrogens is 232 g/mol. The van der Waals surface area contributed by atoms with E-state index in [2.05, 4.69) is 10.3 Å². The molecule has 1 aromatic heterocycles. The molecular formula is C12H22N4O2. The Bertz CT molecular complexity index is 387. The molecule has 6 nitrogen and oxygen atoms in total. The van der Waals surface area contributed by atoms with Gasteiger partial charge in [0.15, 0.2) is 0 Å². The lowest BCUT2D eigenvalue weighted by molar-refractivity contribution is -0.139. The normalized spacial score (nSPS) is 13.2. The molecule has 0 spiro atoms. The number of aromatic nitrogens is 2. The van der Waals surface area contributed by atoms with Gasteiger partial charge in [-0.05, 0) is 27.9 Å². The van der Waals surface area contributed by atoms with Crippen LogP contribution in [0.25, 0.3) is 0 Å². The Morgan fingerprint density at radius 1 is 1.56 bits per heavy atom. The zero-order valence-electron chi connectivity index (χ0n) is 11.4. The Kier molecular flexibility index (Phi) is 5.30. The molecule has 0 fully saturated rings. The lowest BCUT2D eigenvalue weighted by Crippen LogP contribution is -2.35. The average Bonchev–Trinajstić information content (AvgIpc) is 2.72. The maximum atomic E-state index is 11.3. The van der Waals surface area contributed by atoms with Gasteiger partial charge in [0.2, 0.25) is 0 Å². The number of nitrogens with one attached hydrogen (secondary N) is 1. The first-order chi connectivity index (χ1) is 8.43. The van der Waals surface area contributed by atoms with Crippen LogP contribution in [0.2, 0.25) is 0 Å². The molecule has 0 aliphatic carbocycles. The predicted molar refractivity (Wildman–Crippen MR) is 69.5 cm³/mol. The van der Waals surface area contributed by atoms with Crippen molar-refractivity contribution in [2.24, 2.45) is 0 Å². The monoisotopic (exact) mass is 254 g/mol. The molecule has 0 bridgehead atoms. The van der Waals surface area contributed by atoms with Crippen molar-refractivity contribution in [1.29, 1.82) is 0 Å². The lowest BCUT2D eigenvalue weighted by Gasteiger charge is -2.19. The van der Waals surface area contributed by atoms with Crippen LogP contribution < -0.4 is 5.32 Å². The first-order valence-corrected chi connectivity index (χ1v) is 6.06. The largest absolute Gasteiger partial charge is 0.480 e. The Hall–Kier alpha value is -1.40. The van der Waals surface area contributed by atoms with Gasteiger partial charge in [0.05, 0.1) is 18.2 Å². The third-order valence-electron chi connectivity index (χ3n) is 2.70. The lowest BCUT2D eigenvalue weighted by atomic mass is 10.2. The number of aliphatic carboxylic acids is 1. The van der Waals surface area contributed by atoms with Gasteiger partial charge in [-0.25, -0.2) is 4.98 Å². The van der Waals surface area contributed by atoms with Gasteiger partial charge in [-0.15, -0.1) is 0 Å². The van der Waals surface area contributed by atoms with E-state index in [-0.39, 0.29) is 6.04 Å². The van der Waals surface area contributed by atoms with Crippen molar-refractivity contribution < 1.29 is 9.90 Å². The third-order valence-corrected chi connectivity index (χ3v) is 2.70. The number of likely N-dealkylation sites (N-methyl/N-ethyl adjacent to an activating group) is 1. The molecule has 0 saturated heterocycles. The molecule has 6 heteroatoms. The maximum absolute atomic E-state index is 11.3. The summed E-state index contributed by atoms with van der Waals surface area (Å²) in [6.45, 7) is 5.42. The summed E-state index contributed by atoms with van der Waals surface area (Å²) in [6, 6.07) is -0.519. The number of rotatable bonds is 7. The van der Waals surface area contributed by atoms with Crippen molar-refractivity contribution in [2.75, 3.05) is 27.2 Å². The fourth-order valence-electron chi connectivity index (χ4n) is 1.72. The second-order valence-electron chi connectivity index (χ2n) is 4.85. The first-order valence-electron chi connectivity index (χ1n) is 6.06. The maximum Gasteiger partial charge on any atom is 0.326 e. The highest BCUT2D eigenvalue weighted by Crippen LogP contribution is 2.17. The van der Waals surface area contributed by atoms with E-state index in [1.54, 1.807) is 12.5 Å². The van der Waals surface area contributed by atoms with Gasteiger partial charge in [0.25, 0.3) is 0 Å². The molecule has 0 saturated carbocycles. The third kappa shape index (κ3) is 3.82. The van der Waals surface area contributed by atoms with Crippen LogP contribution in [0, 0.1) is 0 Å². The summed E-state index contributed by atoms with van der Waals surface area (Å²) in [4.78, 5) is 17.4. The van der Waals surface area contributed by atoms with Crippen LogP contribution in [-0.4, -0.2) is 52.7 Å². The van der Waals surface area contributed by atoms with E-state index in [0.717, 1.165) is 6.54 Å². The van der Waals surface area contributed by atoms with Crippen LogP contribution in [0.15, 0.2) is 12.5 Å². The van der Waals surface area contributed by atoms with E-state index in [0.29, 0.717) is 12.2 Å². The van der Waals surface area contributed by atoms with Crippen molar-refractivity contribution in [3.63, 3.8) is 0 Å². The van der Waals surface area contributed by atoms with E-state index >= 15 is 0 Å². The summed E-state index contributed by atoms with van der Waals surface area (Å²) in [5.74, 6) is -0.879. The summed E-state index contributed by atoms with van der Waals surface area (Å²) < 4.78 is 1.88. The molecule has 0 aliphatic rings. The summed E-state index contributed by atoms with van der Waals surface area (Å²) >= 11 is 0. The molecule has 1 atom stereocenters. The number of carboxylic acids is 1. The highest BCUT2D eigenvalue weighted by molar-refractivity contribution is 5.74. The van der Waals surface area contributed by atoms with Gasteiger partial charge in [-0.3, -0.25) is 10.1 Å². The van der Waals surface area contributed by atoms with E-state index in [4.69, 9.17) is 0 Å². The van der Waals surface area contributed by atoms with Gasteiger partial charge >= 0.3 is 5.97 Å². The SMILES string of the molecule is CC(C)n1cncc1C(NCCN(C)C)C(=O)O. The Balaban J connectivity index is 2.78. The number of carboxylic acid groups (broad SMARTS) is 1. The number of hydrogen-bond donors (Lipinski definition) is 2.